The van der Waals surface area contributed by atoms with Gasteiger partial charge in [-0.1, -0.05) is 42.5 Å². The first-order chi connectivity index (χ1) is 14.4. The number of nitrogens with zero attached hydrogens (tertiary/aromatic N) is 1. The molecule has 30 heavy (non-hydrogen) atoms. The number of hydrogen-bond donors (Lipinski definition) is 0. The van der Waals surface area contributed by atoms with Gasteiger partial charge in [0.25, 0.3) is 0 Å². The highest BCUT2D eigenvalue weighted by atomic mass is 19.4. The van der Waals surface area contributed by atoms with Crippen LogP contribution < -0.4 is 4.74 Å². The van der Waals surface area contributed by atoms with Crippen molar-refractivity contribution in [3.8, 4) is 5.75 Å². The Morgan fingerprint density at radius 3 is 2.10 bits per heavy atom. The zero-order chi connectivity index (χ0) is 21.3. The largest absolute Gasteiger partial charge is 0.623 e. The minimum atomic E-state index is -4.42. The average molecular weight is 409 g/mol. The van der Waals surface area contributed by atoms with Crippen molar-refractivity contribution in [2.24, 2.45) is 0 Å². The summed E-state index contributed by atoms with van der Waals surface area (Å²) >= 11 is 0. The van der Waals surface area contributed by atoms with Crippen LogP contribution >= 0.6 is 0 Å². The first-order valence-electron chi connectivity index (χ1n) is 9.30. The van der Waals surface area contributed by atoms with E-state index in [1.165, 1.54) is 12.1 Å². The molecule has 1 atom stereocenters. The Labute approximate surface area is 172 Å². The Bertz CT molecular complexity index is 1100. The third-order valence-corrected chi connectivity index (χ3v) is 5.06. The summed E-state index contributed by atoms with van der Waals surface area (Å²) in [5, 5.41) is 13.0. The monoisotopic (exact) mass is 409 g/mol. The summed E-state index contributed by atoms with van der Waals surface area (Å²) in [6.45, 7) is 0. The van der Waals surface area contributed by atoms with Crippen LogP contribution in [0.1, 0.15) is 28.3 Å². The van der Waals surface area contributed by atoms with Gasteiger partial charge in [0.2, 0.25) is 11.8 Å². The normalized spacial score (nSPS) is 17.7. The van der Waals surface area contributed by atoms with Gasteiger partial charge >= 0.3 is 6.18 Å². The van der Waals surface area contributed by atoms with E-state index >= 15 is 0 Å². The number of hydroxylamine groups is 1. The van der Waals surface area contributed by atoms with Crippen LogP contribution in [0, 0.1) is 5.21 Å². The quantitative estimate of drug-likeness (QED) is 0.400. The van der Waals surface area contributed by atoms with E-state index in [0.29, 0.717) is 17.0 Å². The van der Waals surface area contributed by atoms with Gasteiger partial charge in [-0.2, -0.15) is 17.9 Å². The zero-order valence-corrected chi connectivity index (χ0v) is 16.1. The maximum Gasteiger partial charge on any atom is 0.416 e. The first-order valence-corrected chi connectivity index (χ1v) is 9.30. The Balaban J connectivity index is 1.78. The van der Waals surface area contributed by atoms with E-state index in [1.807, 2.05) is 36.4 Å². The topological polar surface area (TPSA) is 35.3 Å². The third kappa shape index (κ3) is 3.68. The SMILES string of the molecule is COc1ccc(C2=[N+]([O-])C(c3ccc(C(F)(F)F)cc3)/C2=C\c2ccccc2)cc1. The maximum atomic E-state index is 13.0. The minimum Gasteiger partial charge on any atom is -0.623 e. The summed E-state index contributed by atoms with van der Waals surface area (Å²) in [4.78, 5) is 0. The van der Waals surface area contributed by atoms with Crippen LogP contribution in [0.2, 0.25) is 0 Å². The minimum absolute atomic E-state index is 0.492. The molecule has 1 unspecified atom stereocenters. The molecule has 0 amide bonds. The van der Waals surface area contributed by atoms with Crippen LogP contribution in [0.5, 0.6) is 5.75 Å². The van der Waals surface area contributed by atoms with Crippen LogP contribution in [-0.4, -0.2) is 17.6 Å². The summed E-state index contributed by atoms with van der Waals surface area (Å²) in [5.41, 5.74) is 2.64. The van der Waals surface area contributed by atoms with E-state index in [-0.39, 0.29) is 0 Å². The fourth-order valence-corrected chi connectivity index (χ4v) is 3.53. The van der Waals surface area contributed by atoms with Gasteiger partial charge in [-0.05, 0) is 48.0 Å². The highest BCUT2D eigenvalue weighted by Crippen LogP contribution is 2.39. The van der Waals surface area contributed by atoms with Gasteiger partial charge < -0.3 is 9.94 Å². The van der Waals surface area contributed by atoms with Gasteiger partial charge in [-0.15, -0.1) is 0 Å². The molecule has 0 bridgehead atoms. The van der Waals surface area contributed by atoms with Crippen molar-refractivity contribution < 1.29 is 22.6 Å². The number of ether oxygens (including phenoxy) is 1. The van der Waals surface area contributed by atoms with Gasteiger partial charge in [-0.3, -0.25) is 0 Å². The van der Waals surface area contributed by atoms with Crippen molar-refractivity contribution in [2.75, 3.05) is 7.11 Å². The lowest BCUT2D eigenvalue weighted by Gasteiger charge is -2.31. The molecule has 1 aliphatic heterocycles. The Morgan fingerprint density at radius 2 is 1.53 bits per heavy atom. The van der Waals surface area contributed by atoms with Gasteiger partial charge in [0, 0.05) is 11.1 Å². The summed E-state index contributed by atoms with van der Waals surface area (Å²) in [6, 6.07) is 20.7. The molecule has 3 aromatic carbocycles. The lowest BCUT2D eigenvalue weighted by atomic mass is 9.84. The van der Waals surface area contributed by atoms with E-state index < -0.39 is 17.8 Å². The fraction of sp³-hybridized carbons (Fsp3) is 0.125. The molecule has 4 rings (SSSR count). The molecule has 1 aliphatic rings. The van der Waals surface area contributed by atoms with Crippen molar-refractivity contribution in [3.05, 3.63) is 112 Å². The molecule has 6 heteroatoms. The second-order valence-electron chi connectivity index (χ2n) is 6.94. The average Bonchev–Trinajstić information content (AvgIpc) is 2.74. The van der Waals surface area contributed by atoms with Gasteiger partial charge in [-0.25, -0.2) is 0 Å². The zero-order valence-electron chi connectivity index (χ0n) is 16.1. The molecule has 0 saturated heterocycles. The summed E-state index contributed by atoms with van der Waals surface area (Å²) in [6.07, 6.45) is -2.52. The van der Waals surface area contributed by atoms with E-state index in [0.717, 1.165) is 33.6 Å². The molecule has 0 aliphatic carbocycles. The molecule has 0 saturated carbocycles. The summed E-state index contributed by atoms with van der Waals surface area (Å²) in [5.74, 6) is 0.670. The summed E-state index contributed by atoms with van der Waals surface area (Å²) in [7, 11) is 1.56. The maximum absolute atomic E-state index is 13.0. The van der Waals surface area contributed by atoms with Crippen LogP contribution in [0.4, 0.5) is 13.2 Å². The number of benzene rings is 3. The van der Waals surface area contributed by atoms with E-state index in [2.05, 4.69) is 0 Å². The molecule has 1 heterocycles. The van der Waals surface area contributed by atoms with E-state index in [1.54, 1.807) is 31.4 Å². The van der Waals surface area contributed by atoms with Crippen molar-refractivity contribution in [3.63, 3.8) is 0 Å². The van der Waals surface area contributed by atoms with Crippen molar-refractivity contribution in [2.45, 2.75) is 12.2 Å². The summed E-state index contributed by atoms with van der Waals surface area (Å²) < 4.78 is 44.7. The van der Waals surface area contributed by atoms with E-state index in [9.17, 15) is 18.4 Å². The Morgan fingerprint density at radius 1 is 0.900 bits per heavy atom. The van der Waals surface area contributed by atoms with E-state index in [4.69, 9.17) is 4.74 Å². The number of halogens is 3. The molecule has 3 nitrogen and oxygen atoms in total. The molecule has 0 N–H and O–H groups in total. The molecule has 0 fully saturated rings. The molecule has 0 radical (unpaired) electrons. The van der Waals surface area contributed by atoms with Crippen LogP contribution in [0.15, 0.2) is 84.4 Å². The fourth-order valence-electron chi connectivity index (χ4n) is 3.53. The molecular weight excluding hydrogens is 391 g/mol. The van der Waals surface area contributed by atoms with Crippen LogP contribution in [0.3, 0.4) is 0 Å². The molecule has 0 spiro atoms. The molecule has 152 valence electrons. The number of alkyl halides is 3. The smallest absolute Gasteiger partial charge is 0.416 e. The second-order valence-corrected chi connectivity index (χ2v) is 6.94. The first kappa shape index (κ1) is 19.8. The third-order valence-electron chi connectivity index (χ3n) is 5.06. The van der Waals surface area contributed by atoms with Crippen molar-refractivity contribution in [1.29, 1.82) is 0 Å². The van der Waals surface area contributed by atoms with Crippen molar-refractivity contribution >= 4 is 11.8 Å². The van der Waals surface area contributed by atoms with Gasteiger partial charge in [0.1, 0.15) is 5.75 Å². The standard InChI is InChI=1S/C24H18F3NO2/c1-30-20-13-9-18(10-14-20)23-21(15-16-5-3-2-4-6-16)22(28(23)29)17-7-11-19(12-8-17)24(25,26)27/h2-15,22H,1H3/b21-15+. The Kier molecular flexibility index (Phi) is 5.08. The number of hydrogen-bond acceptors (Lipinski definition) is 2. The van der Waals surface area contributed by atoms with Crippen LogP contribution in [0.25, 0.3) is 6.08 Å². The Hall–Kier alpha value is -3.54. The van der Waals surface area contributed by atoms with Gasteiger partial charge in [0.15, 0.2) is 0 Å². The number of rotatable bonds is 4. The van der Waals surface area contributed by atoms with Gasteiger partial charge in [0.05, 0.1) is 18.2 Å². The molecular formula is C24H18F3NO2. The highest BCUT2D eigenvalue weighted by Gasteiger charge is 2.43. The second kappa shape index (κ2) is 7.71. The predicted molar refractivity (Wildman–Crippen MR) is 109 cm³/mol. The number of methoxy groups -OCH3 is 1. The lowest BCUT2D eigenvalue weighted by molar-refractivity contribution is -0.516. The predicted octanol–water partition coefficient (Wildman–Crippen LogP) is 5.85. The van der Waals surface area contributed by atoms with Crippen LogP contribution in [-0.2, 0) is 6.18 Å². The highest BCUT2D eigenvalue weighted by molar-refractivity contribution is 6.15. The molecule has 3 aromatic rings. The molecule has 0 aromatic heterocycles. The lowest BCUT2D eigenvalue weighted by Crippen LogP contribution is -2.38. The van der Waals surface area contributed by atoms with Crippen molar-refractivity contribution in [1.82, 2.24) is 0 Å².